The van der Waals surface area contributed by atoms with Crippen molar-refractivity contribution in [2.75, 3.05) is 6.61 Å². The number of carbonyl (C=O) groups excluding carboxylic acids is 1. The van der Waals surface area contributed by atoms with Crippen molar-refractivity contribution in [2.24, 2.45) is 5.92 Å². The van der Waals surface area contributed by atoms with E-state index < -0.39 is 5.54 Å². The van der Waals surface area contributed by atoms with Crippen LogP contribution < -0.4 is 5.32 Å². The molecule has 0 heterocycles. The SMILES string of the molecule is CC1CCC(CO)(NC(=O)c2ccccc2)CC1. The van der Waals surface area contributed by atoms with E-state index in [-0.39, 0.29) is 12.5 Å². The van der Waals surface area contributed by atoms with Gasteiger partial charge in [-0.1, -0.05) is 25.1 Å². The van der Waals surface area contributed by atoms with Gasteiger partial charge in [-0.05, 0) is 43.7 Å². The van der Waals surface area contributed by atoms with Crippen LogP contribution in [-0.4, -0.2) is 23.2 Å². The monoisotopic (exact) mass is 247 g/mol. The van der Waals surface area contributed by atoms with Gasteiger partial charge in [-0.2, -0.15) is 0 Å². The number of amides is 1. The smallest absolute Gasteiger partial charge is 0.251 e. The summed E-state index contributed by atoms with van der Waals surface area (Å²) in [5.41, 5.74) is 0.239. The molecule has 1 amide bonds. The van der Waals surface area contributed by atoms with Crippen LogP contribution in [0.1, 0.15) is 43.0 Å². The van der Waals surface area contributed by atoms with E-state index in [9.17, 15) is 9.90 Å². The van der Waals surface area contributed by atoms with E-state index in [2.05, 4.69) is 12.2 Å². The molecule has 1 aliphatic carbocycles. The lowest BCUT2D eigenvalue weighted by Gasteiger charge is -2.38. The molecule has 0 bridgehead atoms. The van der Waals surface area contributed by atoms with Gasteiger partial charge in [-0.15, -0.1) is 0 Å². The van der Waals surface area contributed by atoms with Crippen molar-refractivity contribution in [3.05, 3.63) is 35.9 Å². The molecule has 3 nitrogen and oxygen atoms in total. The van der Waals surface area contributed by atoms with Crippen LogP contribution in [0.2, 0.25) is 0 Å². The summed E-state index contributed by atoms with van der Waals surface area (Å²) in [6.45, 7) is 2.25. The van der Waals surface area contributed by atoms with Crippen molar-refractivity contribution < 1.29 is 9.90 Å². The lowest BCUT2D eigenvalue weighted by molar-refractivity contribution is 0.0717. The third kappa shape index (κ3) is 2.91. The van der Waals surface area contributed by atoms with Crippen LogP contribution in [0.4, 0.5) is 0 Å². The average molecular weight is 247 g/mol. The number of carbonyl (C=O) groups is 1. The molecule has 1 saturated carbocycles. The molecule has 1 aliphatic rings. The van der Waals surface area contributed by atoms with Gasteiger partial charge in [0.15, 0.2) is 0 Å². The van der Waals surface area contributed by atoms with E-state index in [1.165, 1.54) is 0 Å². The molecule has 1 aromatic rings. The normalized spacial score (nSPS) is 27.8. The highest BCUT2D eigenvalue weighted by molar-refractivity contribution is 5.94. The molecule has 18 heavy (non-hydrogen) atoms. The Labute approximate surface area is 108 Å². The van der Waals surface area contributed by atoms with Crippen molar-refractivity contribution in [3.63, 3.8) is 0 Å². The van der Waals surface area contributed by atoms with Crippen LogP contribution in [-0.2, 0) is 0 Å². The molecule has 3 heteroatoms. The minimum atomic E-state index is -0.417. The minimum absolute atomic E-state index is 0.0261. The molecule has 2 N–H and O–H groups in total. The third-order valence-electron chi connectivity index (χ3n) is 3.95. The van der Waals surface area contributed by atoms with E-state index in [0.717, 1.165) is 25.7 Å². The van der Waals surface area contributed by atoms with Gasteiger partial charge >= 0.3 is 0 Å². The first kappa shape index (κ1) is 13.1. The third-order valence-corrected chi connectivity index (χ3v) is 3.95. The summed E-state index contributed by atoms with van der Waals surface area (Å²) in [6.07, 6.45) is 3.86. The van der Waals surface area contributed by atoms with Gasteiger partial charge in [-0.3, -0.25) is 4.79 Å². The zero-order valence-electron chi connectivity index (χ0n) is 10.9. The second kappa shape index (κ2) is 5.53. The molecular weight excluding hydrogens is 226 g/mol. The van der Waals surface area contributed by atoms with Crippen LogP contribution in [0.3, 0.4) is 0 Å². The van der Waals surface area contributed by atoms with Gasteiger partial charge < -0.3 is 10.4 Å². The number of rotatable bonds is 3. The Balaban J connectivity index is 2.05. The minimum Gasteiger partial charge on any atom is -0.394 e. The van der Waals surface area contributed by atoms with Gasteiger partial charge in [-0.25, -0.2) is 0 Å². The summed E-state index contributed by atoms with van der Waals surface area (Å²) in [7, 11) is 0. The number of aliphatic hydroxyl groups is 1. The van der Waals surface area contributed by atoms with Gasteiger partial charge in [0, 0.05) is 5.56 Å². The summed E-state index contributed by atoms with van der Waals surface area (Å²) in [5.74, 6) is 0.609. The number of aliphatic hydroxyl groups excluding tert-OH is 1. The fourth-order valence-electron chi connectivity index (χ4n) is 2.54. The lowest BCUT2D eigenvalue weighted by atomic mass is 9.77. The number of nitrogens with one attached hydrogen (secondary N) is 1. The van der Waals surface area contributed by atoms with Crippen molar-refractivity contribution in [3.8, 4) is 0 Å². The van der Waals surface area contributed by atoms with Crippen LogP contribution >= 0.6 is 0 Å². The fourth-order valence-corrected chi connectivity index (χ4v) is 2.54. The van der Waals surface area contributed by atoms with Gasteiger partial charge in [0.2, 0.25) is 0 Å². The van der Waals surface area contributed by atoms with Gasteiger partial charge in [0.05, 0.1) is 12.1 Å². The molecule has 1 fully saturated rings. The maximum atomic E-state index is 12.1. The molecule has 0 spiro atoms. The van der Waals surface area contributed by atoms with Crippen LogP contribution in [0.15, 0.2) is 30.3 Å². The topological polar surface area (TPSA) is 49.3 Å². The van der Waals surface area contributed by atoms with Crippen LogP contribution in [0, 0.1) is 5.92 Å². The summed E-state index contributed by atoms with van der Waals surface area (Å²) in [6, 6.07) is 9.19. The molecule has 98 valence electrons. The largest absolute Gasteiger partial charge is 0.394 e. The van der Waals surface area contributed by atoms with E-state index in [0.29, 0.717) is 11.5 Å². The van der Waals surface area contributed by atoms with Crippen molar-refractivity contribution in [1.82, 2.24) is 5.32 Å². The van der Waals surface area contributed by atoms with E-state index in [4.69, 9.17) is 0 Å². The van der Waals surface area contributed by atoms with E-state index in [1.54, 1.807) is 12.1 Å². The fraction of sp³-hybridized carbons (Fsp3) is 0.533. The summed E-state index contributed by atoms with van der Waals surface area (Å²) >= 11 is 0. The Morgan fingerprint density at radius 2 is 1.94 bits per heavy atom. The second-order valence-electron chi connectivity index (χ2n) is 5.44. The summed E-state index contributed by atoms with van der Waals surface area (Å²) < 4.78 is 0. The van der Waals surface area contributed by atoms with Crippen molar-refractivity contribution >= 4 is 5.91 Å². The zero-order valence-corrected chi connectivity index (χ0v) is 10.9. The zero-order chi connectivity index (χ0) is 13.0. The molecule has 0 aliphatic heterocycles. The first-order chi connectivity index (χ1) is 8.65. The Morgan fingerprint density at radius 3 is 2.50 bits per heavy atom. The summed E-state index contributed by atoms with van der Waals surface area (Å²) in [5, 5.41) is 12.6. The van der Waals surface area contributed by atoms with Crippen LogP contribution in [0.5, 0.6) is 0 Å². The molecule has 0 radical (unpaired) electrons. The maximum Gasteiger partial charge on any atom is 0.251 e. The molecule has 2 rings (SSSR count). The summed E-state index contributed by atoms with van der Waals surface area (Å²) in [4.78, 5) is 12.1. The Morgan fingerprint density at radius 1 is 1.33 bits per heavy atom. The Bertz CT molecular complexity index is 394. The highest BCUT2D eigenvalue weighted by Gasteiger charge is 2.35. The number of hydrogen-bond donors (Lipinski definition) is 2. The molecular formula is C15H21NO2. The first-order valence-electron chi connectivity index (χ1n) is 6.64. The molecule has 0 saturated heterocycles. The molecule has 0 atom stereocenters. The number of hydrogen-bond acceptors (Lipinski definition) is 2. The maximum absolute atomic E-state index is 12.1. The Kier molecular flexibility index (Phi) is 4.02. The van der Waals surface area contributed by atoms with Crippen molar-refractivity contribution in [2.45, 2.75) is 38.1 Å². The second-order valence-corrected chi connectivity index (χ2v) is 5.44. The highest BCUT2D eigenvalue weighted by Crippen LogP contribution is 2.31. The lowest BCUT2D eigenvalue weighted by Crippen LogP contribution is -2.53. The predicted octanol–water partition coefficient (Wildman–Crippen LogP) is 2.36. The van der Waals surface area contributed by atoms with Crippen LogP contribution in [0.25, 0.3) is 0 Å². The molecule has 0 aromatic heterocycles. The predicted molar refractivity (Wildman–Crippen MR) is 71.4 cm³/mol. The standard InChI is InChI=1S/C15H21NO2/c1-12-7-9-15(11-17,10-8-12)16-14(18)13-5-3-2-4-6-13/h2-6,12,17H,7-11H2,1H3,(H,16,18). The number of benzene rings is 1. The average Bonchev–Trinajstić information content (AvgIpc) is 2.43. The highest BCUT2D eigenvalue weighted by atomic mass is 16.3. The molecule has 1 aromatic carbocycles. The van der Waals surface area contributed by atoms with Gasteiger partial charge in [0.25, 0.3) is 5.91 Å². The van der Waals surface area contributed by atoms with Gasteiger partial charge in [0.1, 0.15) is 0 Å². The van der Waals surface area contributed by atoms with E-state index in [1.807, 2.05) is 18.2 Å². The van der Waals surface area contributed by atoms with Crippen molar-refractivity contribution in [1.29, 1.82) is 0 Å². The quantitative estimate of drug-likeness (QED) is 0.861. The first-order valence-corrected chi connectivity index (χ1v) is 6.64. The Hall–Kier alpha value is -1.35. The molecule has 0 unspecified atom stereocenters. The van der Waals surface area contributed by atoms with E-state index >= 15 is 0 Å².